The van der Waals surface area contributed by atoms with Gasteiger partial charge >= 0.3 is 0 Å². The molecule has 0 saturated heterocycles. The van der Waals surface area contributed by atoms with Gasteiger partial charge in [0.2, 0.25) is 5.91 Å². The molecule has 4 heteroatoms. The maximum absolute atomic E-state index is 11.0. The molecule has 0 aliphatic heterocycles. The van der Waals surface area contributed by atoms with Crippen LogP contribution in [-0.2, 0) is 9.53 Å². The Morgan fingerprint density at radius 1 is 1.54 bits per heavy atom. The number of ether oxygens (including phenoxy) is 1. The van der Waals surface area contributed by atoms with Gasteiger partial charge in [-0.05, 0) is 12.8 Å². The Morgan fingerprint density at radius 2 is 2.23 bits per heavy atom. The SMILES string of the molecule is CCCOCC(=O)NCC(Cl)CC. The third-order valence-corrected chi connectivity index (χ3v) is 2.01. The Morgan fingerprint density at radius 3 is 2.77 bits per heavy atom. The van der Waals surface area contributed by atoms with Gasteiger partial charge in [-0.3, -0.25) is 4.79 Å². The zero-order valence-corrected chi connectivity index (χ0v) is 9.06. The number of hydrogen-bond donors (Lipinski definition) is 1. The average Bonchev–Trinajstić information content (AvgIpc) is 2.14. The number of alkyl halides is 1. The Hall–Kier alpha value is -0.280. The molecule has 1 amide bonds. The van der Waals surface area contributed by atoms with Gasteiger partial charge in [0.25, 0.3) is 0 Å². The van der Waals surface area contributed by atoms with E-state index < -0.39 is 0 Å². The molecule has 78 valence electrons. The average molecular weight is 208 g/mol. The van der Waals surface area contributed by atoms with Crippen LogP contribution >= 0.6 is 11.6 Å². The van der Waals surface area contributed by atoms with E-state index in [9.17, 15) is 4.79 Å². The van der Waals surface area contributed by atoms with Gasteiger partial charge < -0.3 is 10.1 Å². The van der Waals surface area contributed by atoms with E-state index in [-0.39, 0.29) is 17.9 Å². The molecule has 0 radical (unpaired) electrons. The maximum Gasteiger partial charge on any atom is 0.246 e. The minimum Gasteiger partial charge on any atom is -0.372 e. The van der Waals surface area contributed by atoms with Crippen molar-refractivity contribution in [3.8, 4) is 0 Å². The number of carbonyl (C=O) groups is 1. The van der Waals surface area contributed by atoms with Gasteiger partial charge in [0.15, 0.2) is 0 Å². The zero-order valence-electron chi connectivity index (χ0n) is 8.31. The molecular formula is C9H18ClNO2. The van der Waals surface area contributed by atoms with Crippen LogP contribution in [0, 0.1) is 0 Å². The molecule has 0 heterocycles. The second-order valence-electron chi connectivity index (χ2n) is 2.86. The molecule has 3 nitrogen and oxygen atoms in total. The summed E-state index contributed by atoms with van der Waals surface area (Å²) in [6, 6.07) is 0. The molecular weight excluding hydrogens is 190 g/mol. The van der Waals surface area contributed by atoms with E-state index >= 15 is 0 Å². The molecule has 0 aromatic rings. The molecule has 0 aliphatic rings. The van der Waals surface area contributed by atoms with Crippen LogP contribution in [0.15, 0.2) is 0 Å². The zero-order chi connectivity index (χ0) is 10.1. The molecule has 0 spiro atoms. The Balaban J connectivity index is 3.30. The lowest BCUT2D eigenvalue weighted by atomic mass is 10.3. The van der Waals surface area contributed by atoms with Gasteiger partial charge in [-0.15, -0.1) is 11.6 Å². The van der Waals surface area contributed by atoms with Crippen molar-refractivity contribution in [1.29, 1.82) is 0 Å². The third-order valence-electron chi connectivity index (χ3n) is 1.55. The highest BCUT2D eigenvalue weighted by atomic mass is 35.5. The first-order valence-corrected chi connectivity index (χ1v) is 5.12. The highest BCUT2D eigenvalue weighted by Gasteiger charge is 2.04. The first-order valence-electron chi connectivity index (χ1n) is 4.69. The van der Waals surface area contributed by atoms with Crippen LogP contribution in [0.3, 0.4) is 0 Å². The van der Waals surface area contributed by atoms with Crippen molar-refractivity contribution in [3.63, 3.8) is 0 Å². The maximum atomic E-state index is 11.0. The Bertz CT molecular complexity index is 142. The van der Waals surface area contributed by atoms with Crippen molar-refractivity contribution in [2.24, 2.45) is 0 Å². The van der Waals surface area contributed by atoms with Crippen LogP contribution in [0.4, 0.5) is 0 Å². The van der Waals surface area contributed by atoms with Gasteiger partial charge in [0.05, 0.1) is 5.38 Å². The van der Waals surface area contributed by atoms with Crippen molar-refractivity contribution in [2.45, 2.75) is 32.1 Å². The largest absolute Gasteiger partial charge is 0.372 e. The summed E-state index contributed by atoms with van der Waals surface area (Å²) in [5.41, 5.74) is 0. The van der Waals surface area contributed by atoms with E-state index in [2.05, 4.69) is 5.32 Å². The first-order chi connectivity index (χ1) is 6.20. The van der Waals surface area contributed by atoms with Gasteiger partial charge in [0, 0.05) is 13.2 Å². The highest BCUT2D eigenvalue weighted by Crippen LogP contribution is 1.97. The molecule has 13 heavy (non-hydrogen) atoms. The number of rotatable bonds is 7. The van der Waals surface area contributed by atoms with Crippen LogP contribution in [0.2, 0.25) is 0 Å². The van der Waals surface area contributed by atoms with E-state index in [1.807, 2.05) is 13.8 Å². The molecule has 1 atom stereocenters. The predicted molar refractivity (Wildman–Crippen MR) is 54.1 cm³/mol. The molecule has 0 aromatic heterocycles. The molecule has 1 unspecified atom stereocenters. The van der Waals surface area contributed by atoms with Crippen molar-refractivity contribution in [2.75, 3.05) is 19.8 Å². The number of halogens is 1. The minimum atomic E-state index is -0.0902. The summed E-state index contributed by atoms with van der Waals surface area (Å²) < 4.78 is 5.06. The van der Waals surface area contributed by atoms with Crippen LogP contribution in [0.25, 0.3) is 0 Å². The first kappa shape index (κ1) is 12.7. The van der Waals surface area contributed by atoms with E-state index in [1.165, 1.54) is 0 Å². The van der Waals surface area contributed by atoms with E-state index in [4.69, 9.17) is 16.3 Å². The monoisotopic (exact) mass is 207 g/mol. The minimum absolute atomic E-state index is 0.0233. The quantitative estimate of drug-likeness (QED) is 0.508. The smallest absolute Gasteiger partial charge is 0.246 e. The molecule has 0 aliphatic carbocycles. The van der Waals surface area contributed by atoms with Crippen LogP contribution in [-0.4, -0.2) is 31.0 Å². The van der Waals surface area contributed by atoms with E-state index in [0.717, 1.165) is 12.8 Å². The summed E-state index contributed by atoms with van der Waals surface area (Å²) in [6.45, 7) is 5.28. The van der Waals surface area contributed by atoms with Gasteiger partial charge in [-0.2, -0.15) is 0 Å². The number of nitrogens with one attached hydrogen (secondary N) is 1. The Labute approximate surface area is 84.8 Å². The normalized spacial score (nSPS) is 12.5. The second-order valence-corrected chi connectivity index (χ2v) is 3.48. The van der Waals surface area contributed by atoms with Crippen LogP contribution < -0.4 is 5.32 Å². The highest BCUT2D eigenvalue weighted by molar-refractivity contribution is 6.20. The lowest BCUT2D eigenvalue weighted by Crippen LogP contribution is -2.32. The fourth-order valence-electron chi connectivity index (χ4n) is 0.729. The summed E-state index contributed by atoms with van der Waals surface area (Å²) in [5, 5.41) is 2.72. The van der Waals surface area contributed by atoms with E-state index in [1.54, 1.807) is 0 Å². The lowest BCUT2D eigenvalue weighted by Gasteiger charge is -2.08. The molecule has 0 saturated carbocycles. The summed E-state index contributed by atoms with van der Waals surface area (Å²) in [7, 11) is 0. The number of hydrogen-bond acceptors (Lipinski definition) is 2. The van der Waals surface area contributed by atoms with Crippen LogP contribution in [0.1, 0.15) is 26.7 Å². The third kappa shape index (κ3) is 8.06. The van der Waals surface area contributed by atoms with Gasteiger partial charge in [-0.25, -0.2) is 0 Å². The number of amides is 1. The summed E-state index contributed by atoms with van der Waals surface area (Å²) in [5.74, 6) is -0.0902. The molecule has 0 aromatic carbocycles. The predicted octanol–water partition coefficient (Wildman–Crippen LogP) is 1.55. The van der Waals surface area contributed by atoms with Gasteiger partial charge in [0.1, 0.15) is 6.61 Å². The lowest BCUT2D eigenvalue weighted by molar-refractivity contribution is -0.125. The van der Waals surface area contributed by atoms with Crippen LogP contribution in [0.5, 0.6) is 0 Å². The summed E-state index contributed by atoms with van der Waals surface area (Å²) >= 11 is 5.82. The van der Waals surface area contributed by atoms with E-state index in [0.29, 0.717) is 13.2 Å². The molecule has 0 rings (SSSR count). The molecule has 0 fully saturated rings. The van der Waals surface area contributed by atoms with Crippen molar-refractivity contribution in [1.82, 2.24) is 5.32 Å². The van der Waals surface area contributed by atoms with Gasteiger partial charge in [-0.1, -0.05) is 13.8 Å². The van der Waals surface area contributed by atoms with Crippen molar-refractivity contribution < 1.29 is 9.53 Å². The summed E-state index contributed by atoms with van der Waals surface area (Å²) in [4.78, 5) is 11.0. The van der Waals surface area contributed by atoms with Crippen molar-refractivity contribution >= 4 is 17.5 Å². The molecule has 1 N–H and O–H groups in total. The summed E-state index contributed by atoms with van der Waals surface area (Å²) in [6.07, 6.45) is 1.79. The standard InChI is InChI=1S/C9H18ClNO2/c1-3-5-13-7-9(12)11-6-8(10)4-2/h8H,3-7H2,1-2H3,(H,11,12). The second kappa shape index (κ2) is 8.32. The van der Waals surface area contributed by atoms with Crippen molar-refractivity contribution in [3.05, 3.63) is 0 Å². The Kier molecular flexibility index (Phi) is 8.14. The fourth-order valence-corrected chi connectivity index (χ4v) is 0.806. The number of carbonyl (C=O) groups excluding carboxylic acids is 1. The topological polar surface area (TPSA) is 38.3 Å². The fraction of sp³-hybridized carbons (Fsp3) is 0.889. The molecule has 0 bridgehead atoms.